The van der Waals surface area contributed by atoms with Crippen molar-refractivity contribution in [2.24, 2.45) is 0 Å². The van der Waals surface area contributed by atoms with E-state index in [9.17, 15) is 9.90 Å². The molecular formula is C27H26N6O2. The van der Waals surface area contributed by atoms with Crippen molar-refractivity contribution in [2.45, 2.75) is 19.7 Å². The summed E-state index contributed by atoms with van der Waals surface area (Å²) in [6.07, 6.45) is 5.48. The lowest BCUT2D eigenvalue weighted by Gasteiger charge is -2.17. The molecule has 0 saturated heterocycles. The van der Waals surface area contributed by atoms with E-state index in [1.165, 1.54) is 6.08 Å². The number of hydrogen-bond acceptors (Lipinski definition) is 7. The van der Waals surface area contributed by atoms with E-state index in [1.807, 2.05) is 67.6 Å². The molecule has 4 N–H and O–H groups in total. The summed E-state index contributed by atoms with van der Waals surface area (Å²) in [7, 11) is 0. The van der Waals surface area contributed by atoms with Crippen LogP contribution >= 0.6 is 0 Å². The van der Waals surface area contributed by atoms with Crippen LogP contribution in [0, 0.1) is 6.92 Å². The first-order valence-electron chi connectivity index (χ1n) is 11.1. The standard InChI is InChI=1S/C27H26N6O2/c1-3-25(34)30-16-19-7-10-22(11-8-19)31-26(35)20-9-6-18(2)24(15-20)33-27-29-14-12-23(32-27)21-5-4-13-28-17-21/h3-15,17,26,31,35H,1,16H2,2H3,(H,30,34)(H,29,32,33). The molecule has 0 aliphatic rings. The quantitative estimate of drug-likeness (QED) is 0.212. The molecule has 2 heterocycles. The van der Waals surface area contributed by atoms with Crippen molar-refractivity contribution in [3.8, 4) is 11.3 Å². The van der Waals surface area contributed by atoms with Gasteiger partial charge in [-0.3, -0.25) is 9.78 Å². The molecule has 0 spiro atoms. The number of benzene rings is 2. The van der Waals surface area contributed by atoms with Crippen LogP contribution < -0.4 is 16.0 Å². The highest BCUT2D eigenvalue weighted by Crippen LogP contribution is 2.26. The molecule has 8 nitrogen and oxygen atoms in total. The molecule has 1 amide bonds. The second-order valence-electron chi connectivity index (χ2n) is 7.87. The van der Waals surface area contributed by atoms with Gasteiger partial charge >= 0.3 is 0 Å². The lowest BCUT2D eigenvalue weighted by molar-refractivity contribution is -0.116. The fourth-order valence-electron chi connectivity index (χ4n) is 3.38. The number of aliphatic hydroxyl groups is 1. The number of hydrogen-bond donors (Lipinski definition) is 4. The van der Waals surface area contributed by atoms with Crippen LogP contribution in [-0.2, 0) is 11.3 Å². The first-order chi connectivity index (χ1) is 17.0. The lowest BCUT2D eigenvalue weighted by Crippen LogP contribution is -2.19. The normalized spacial score (nSPS) is 11.4. The summed E-state index contributed by atoms with van der Waals surface area (Å²) in [4.78, 5) is 24.4. The number of amides is 1. The predicted octanol–water partition coefficient (Wildman–Crippen LogP) is 4.50. The summed E-state index contributed by atoms with van der Waals surface area (Å²) < 4.78 is 0. The molecule has 0 aliphatic carbocycles. The molecule has 176 valence electrons. The van der Waals surface area contributed by atoms with Crippen LogP contribution in [0.1, 0.15) is 22.9 Å². The lowest BCUT2D eigenvalue weighted by atomic mass is 10.1. The SMILES string of the molecule is C=CC(=O)NCc1ccc(NC(O)c2ccc(C)c(Nc3nccc(-c4cccnc4)n3)c2)cc1. The Balaban J connectivity index is 1.44. The van der Waals surface area contributed by atoms with E-state index < -0.39 is 6.23 Å². The molecule has 0 bridgehead atoms. The highest BCUT2D eigenvalue weighted by atomic mass is 16.3. The molecule has 4 rings (SSSR count). The zero-order valence-electron chi connectivity index (χ0n) is 19.3. The average molecular weight is 467 g/mol. The van der Waals surface area contributed by atoms with Gasteiger partial charge in [-0.05, 0) is 60.5 Å². The minimum absolute atomic E-state index is 0.222. The van der Waals surface area contributed by atoms with E-state index in [1.54, 1.807) is 18.6 Å². The maximum atomic E-state index is 11.3. The van der Waals surface area contributed by atoms with Crippen LogP contribution in [0.15, 0.2) is 91.9 Å². The second kappa shape index (κ2) is 11.0. The van der Waals surface area contributed by atoms with E-state index in [0.717, 1.165) is 33.8 Å². The number of carbonyl (C=O) groups excluding carboxylic acids is 1. The van der Waals surface area contributed by atoms with E-state index in [0.29, 0.717) is 18.1 Å². The van der Waals surface area contributed by atoms with Crippen molar-refractivity contribution in [2.75, 3.05) is 10.6 Å². The fraction of sp³-hybridized carbons (Fsp3) is 0.111. The third-order valence-corrected chi connectivity index (χ3v) is 5.35. The highest BCUT2D eigenvalue weighted by molar-refractivity contribution is 5.86. The number of carbonyl (C=O) groups is 1. The number of nitrogens with zero attached hydrogens (tertiary/aromatic N) is 3. The van der Waals surface area contributed by atoms with Crippen LogP contribution in [0.2, 0.25) is 0 Å². The van der Waals surface area contributed by atoms with Crippen molar-refractivity contribution in [3.63, 3.8) is 0 Å². The second-order valence-corrected chi connectivity index (χ2v) is 7.87. The first kappa shape index (κ1) is 23.6. The molecule has 2 aromatic heterocycles. The van der Waals surface area contributed by atoms with Gasteiger partial charge in [0.2, 0.25) is 11.9 Å². The molecule has 0 aliphatic heterocycles. The number of pyridine rings is 1. The number of anilines is 3. The Kier molecular flexibility index (Phi) is 7.44. The molecular weight excluding hydrogens is 440 g/mol. The van der Waals surface area contributed by atoms with Crippen molar-refractivity contribution in [3.05, 3.63) is 109 Å². The molecule has 1 unspecified atom stereocenters. The summed E-state index contributed by atoms with van der Waals surface area (Å²) in [6.45, 7) is 5.82. The molecule has 0 radical (unpaired) electrons. The molecule has 0 fully saturated rings. The number of aliphatic hydroxyl groups excluding tert-OH is 1. The Hall–Kier alpha value is -4.56. The average Bonchev–Trinajstić information content (AvgIpc) is 2.90. The molecule has 0 saturated carbocycles. The van der Waals surface area contributed by atoms with Crippen LogP contribution in [0.4, 0.5) is 17.3 Å². The maximum Gasteiger partial charge on any atom is 0.243 e. The van der Waals surface area contributed by atoms with Gasteiger partial charge in [0, 0.05) is 47.6 Å². The summed E-state index contributed by atoms with van der Waals surface area (Å²) in [5, 5.41) is 19.9. The Labute approximate surface area is 203 Å². The van der Waals surface area contributed by atoms with Gasteiger partial charge in [0.1, 0.15) is 0 Å². The van der Waals surface area contributed by atoms with Gasteiger partial charge in [-0.15, -0.1) is 0 Å². The van der Waals surface area contributed by atoms with Gasteiger partial charge in [0.05, 0.1) is 5.69 Å². The monoisotopic (exact) mass is 466 g/mol. The smallest absolute Gasteiger partial charge is 0.243 e. The summed E-state index contributed by atoms with van der Waals surface area (Å²) >= 11 is 0. The number of aromatic nitrogens is 3. The zero-order valence-corrected chi connectivity index (χ0v) is 19.3. The van der Waals surface area contributed by atoms with Crippen LogP contribution in [0.25, 0.3) is 11.3 Å². The Morgan fingerprint density at radius 2 is 1.94 bits per heavy atom. The van der Waals surface area contributed by atoms with E-state index in [4.69, 9.17) is 0 Å². The van der Waals surface area contributed by atoms with Gasteiger partial charge in [-0.1, -0.05) is 30.8 Å². The van der Waals surface area contributed by atoms with Crippen LogP contribution in [0.3, 0.4) is 0 Å². The minimum atomic E-state index is -0.926. The molecule has 8 heteroatoms. The maximum absolute atomic E-state index is 11.3. The highest BCUT2D eigenvalue weighted by Gasteiger charge is 2.11. The number of aryl methyl sites for hydroxylation is 1. The Bertz CT molecular complexity index is 1310. The van der Waals surface area contributed by atoms with Gasteiger partial charge in [0.15, 0.2) is 6.23 Å². The van der Waals surface area contributed by atoms with E-state index in [-0.39, 0.29) is 5.91 Å². The fourth-order valence-corrected chi connectivity index (χ4v) is 3.38. The number of rotatable bonds is 9. The van der Waals surface area contributed by atoms with Gasteiger partial charge in [-0.2, -0.15) is 0 Å². The largest absolute Gasteiger partial charge is 0.369 e. The topological polar surface area (TPSA) is 112 Å². The number of nitrogens with one attached hydrogen (secondary N) is 3. The molecule has 2 aromatic carbocycles. The van der Waals surface area contributed by atoms with Crippen molar-refractivity contribution in [1.29, 1.82) is 0 Å². The Morgan fingerprint density at radius 1 is 1.11 bits per heavy atom. The van der Waals surface area contributed by atoms with Gasteiger partial charge in [0.25, 0.3) is 0 Å². The summed E-state index contributed by atoms with van der Waals surface area (Å²) in [6, 6.07) is 18.8. The third-order valence-electron chi connectivity index (χ3n) is 5.35. The first-order valence-corrected chi connectivity index (χ1v) is 11.1. The van der Waals surface area contributed by atoms with E-state index >= 15 is 0 Å². The summed E-state index contributed by atoms with van der Waals surface area (Å²) in [5.74, 6) is 0.230. The molecule has 35 heavy (non-hydrogen) atoms. The predicted molar refractivity (Wildman–Crippen MR) is 137 cm³/mol. The van der Waals surface area contributed by atoms with Gasteiger partial charge < -0.3 is 21.1 Å². The van der Waals surface area contributed by atoms with Crippen molar-refractivity contribution in [1.82, 2.24) is 20.3 Å². The minimum Gasteiger partial charge on any atom is -0.369 e. The zero-order chi connectivity index (χ0) is 24.6. The van der Waals surface area contributed by atoms with Crippen molar-refractivity contribution >= 4 is 23.2 Å². The molecule has 1 atom stereocenters. The van der Waals surface area contributed by atoms with Gasteiger partial charge in [-0.25, -0.2) is 9.97 Å². The van der Waals surface area contributed by atoms with Crippen LogP contribution in [-0.4, -0.2) is 26.0 Å². The van der Waals surface area contributed by atoms with Crippen LogP contribution in [0.5, 0.6) is 0 Å². The third kappa shape index (κ3) is 6.27. The van der Waals surface area contributed by atoms with E-state index in [2.05, 4.69) is 37.5 Å². The van der Waals surface area contributed by atoms with Crippen molar-refractivity contribution < 1.29 is 9.90 Å². The summed E-state index contributed by atoms with van der Waals surface area (Å²) in [5.41, 5.74) is 5.82. The molecule has 4 aromatic rings. The Morgan fingerprint density at radius 3 is 2.69 bits per heavy atom.